The van der Waals surface area contributed by atoms with Crippen molar-refractivity contribution < 1.29 is 0 Å². The van der Waals surface area contributed by atoms with Gasteiger partial charge in [-0.05, 0) is 51.4 Å². The van der Waals surface area contributed by atoms with Gasteiger partial charge in [0, 0.05) is 18.1 Å². The molecule has 0 bridgehead atoms. The van der Waals surface area contributed by atoms with Crippen LogP contribution in [0.3, 0.4) is 0 Å². The highest BCUT2D eigenvalue weighted by Gasteiger charge is 2.35. The first-order valence-electron chi connectivity index (χ1n) is 9.80. The minimum atomic E-state index is 0.725. The lowest BCUT2D eigenvalue weighted by molar-refractivity contribution is -0.00172. The summed E-state index contributed by atoms with van der Waals surface area (Å²) < 4.78 is 0. The van der Waals surface area contributed by atoms with Crippen molar-refractivity contribution in [3.63, 3.8) is 0 Å². The number of hydrazine groups is 1. The Bertz CT molecular complexity index is 301. The highest BCUT2D eigenvalue weighted by atomic mass is 15.5. The molecule has 2 saturated carbocycles. The van der Waals surface area contributed by atoms with Gasteiger partial charge in [-0.2, -0.15) is 0 Å². The molecule has 122 valence electrons. The molecule has 2 nitrogen and oxygen atoms in total. The fraction of sp³-hybridized carbons (Fsp3) is 1.00. The summed E-state index contributed by atoms with van der Waals surface area (Å²) in [6.45, 7) is 4.84. The van der Waals surface area contributed by atoms with E-state index in [1.165, 1.54) is 77.0 Å². The van der Waals surface area contributed by atoms with Crippen molar-refractivity contribution in [3.05, 3.63) is 0 Å². The second-order valence-corrected chi connectivity index (χ2v) is 8.12. The van der Waals surface area contributed by atoms with E-state index < -0.39 is 0 Å². The minimum absolute atomic E-state index is 0.725. The normalized spacial score (nSPS) is 40.3. The van der Waals surface area contributed by atoms with Crippen molar-refractivity contribution in [2.45, 2.75) is 109 Å². The van der Waals surface area contributed by atoms with E-state index >= 15 is 0 Å². The molecule has 0 spiro atoms. The lowest BCUT2D eigenvalue weighted by Crippen LogP contribution is -2.58. The smallest absolute Gasteiger partial charge is 0.0246 e. The number of rotatable bonds is 3. The fourth-order valence-electron chi connectivity index (χ4n) is 5.31. The van der Waals surface area contributed by atoms with Crippen LogP contribution in [-0.4, -0.2) is 23.1 Å². The van der Waals surface area contributed by atoms with E-state index in [-0.39, 0.29) is 0 Å². The molecular formula is C19H36N2. The van der Waals surface area contributed by atoms with Crippen LogP contribution in [-0.2, 0) is 0 Å². The molecule has 0 aromatic heterocycles. The van der Waals surface area contributed by atoms with E-state index in [0.717, 1.165) is 30.0 Å². The van der Waals surface area contributed by atoms with Gasteiger partial charge in [0.15, 0.2) is 0 Å². The number of nitrogens with one attached hydrogen (secondary N) is 1. The highest BCUT2D eigenvalue weighted by molar-refractivity contribution is 4.88. The van der Waals surface area contributed by atoms with E-state index in [0.29, 0.717) is 0 Å². The summed E-state index contributed by atoms with van der Waals surface area (Å²) in [6.07, 6.45) is 17.5. The predicted octanol–water partition coefficient (Wildman–Crippen LogP) is 4.89. The molecule has 0 aromatic rings. The van der Waals surface area contributed by atoms with E-state index in [4.69, 9.17) is 0 Å². The Morgan fingerprint density at radius 3 is 2.00 bits per heavy atom. The van der Waals surface area contributed by atoms with Crippen molar-refractivity contribution in [1.82, 2.24) is 10.4 Å². The Labute approximate surface area is 132 Å². The first kappa shape index (κ1) is 15.8. The maximum Gasteiger partial charge on any atom is 0.0246 e. The summed E-state index contributed by atoms with van der Waals surface area (Å²) in [5.41, 5.74) is 4.04. The quantitative estimate of drug-likeness (QED) is 0.796. The van der Waals surface area contributed by atoms with Crippen LogP contribution in [0.5, 0.6) is 0 Å². The Kier molecular flexibility index (Phi) is 5.61. The van der Waals surface area contributed by atoms with Crippen molar-refractivity contribution >= 4 is 0 Å². The topological polar surface area (TPSA) is 15.3 Å². The number of hydrogen-bond donors (Lipinski definition) is 1. The van der Waals surface area contributed by atoms with E-state index in [9.17, 15) is 0 Å². The van der Waals surface area contributed by atoms with Crippen LogP contribution in [0.25, 0.3) is 0 Å². The van der Waals surface area contributed by atoms with E-state index in [1.807, 2.05) is 0 Å². The van der Waals surface area contributed by atoms with Gasteiger partial charge in [-0.3, -0.25) is 5.43 Å². The number of hydrogen-bond acceptors (Lipinski definition) is 2. The van der Waals surface area contributed by atoms with Crippen LogP contribution in [0, 0.1) is 11.8 Å². The zero-order chi connectivity index (χ0) is 14.7. The van der Waals surface area contributed by atoms with Crippen molar-refractivity contribution in [2.24, 2.45) is 11.8 Å². The molecule has 4 unspecified atom stereocenters. The minimum Gasteiger partial charge on any atom is -0.251 e. The van der Waals surface area contributed by atoms with Gasteiger partial charge < -0.3 is 0 Å². The van der Waals surface area contributed by atoms with Crippen LogP contribution in [0.15, 0.2) is 0 Å². The fourth-order valence-corrected chi connectivity index (χ4v) is 5.31. The Balaban J connectivity index is 1.63. The molecule has 1 aliphatic heterocycles. The molecule has 4 atom stereocenters. The summed E-state index contributed by atoms with van der Waals surface area (Å²) in [4.78, 5) is 0. The van der Waals surface area contributed by atoms with Gasteiger partial charge in [-0.15, -0.1) is 0 Å². The maximum absolute atomic E-state index is 4.04. The molecule has 21 heavy (non-hydrogen) atoms. The van der Waals surface area contributed by atoms with Gasteiger partial charge in [0.25, 0.3) is 0 Å². The zero-order valence-corrected chi connectivity index (χ0v) is 14.3. The lowest BCUT2D eigenvalue weighted by Gasteiger charge is -2.46. The summed E-state index contributed by atoms with van der Waals surface area (Å²) in [7, 11) is 0. The maximum atomic E-state index is 4.04. The van der Waals surface area contributed by atoms with Crippen molar-refractivity contribution in [2.75, 3.05) is 0 Å². The van der Waals surface area contributed by atoms with Crippen LogP contribution in [0.4, 0.5) is 0 Å². The average Bonchev–Trinajstić information content (AvgIpc) is 2.52. The summed E-state index contributed by atoms with van der Waals surface area (Å²) >= 11 is 0. The molecule has 2 aliphatic carbocycles. The predicted molar refractivity (Wildman–Crippen MR) is 90.1 cm³/mol. The molecule has 0 amide bonds. The number of piperidine rings is 1. The molecule has 3 rings (SSSR count). The number of nitrogens with zero attached hydrogens (tertiary/aromatic N) is 1. The van der Waals surface area contributed by atoms with Gasteiger partial charge in [-0.25, -0.2) is 5.01 Å². The monoisotopic (exact) mass is 292 g/mol. The Morgan fingerprint density at radius 1 is 0.667 bits per heavy atom. The third kappa shape index (κ3) is 3.82. The second kappa shape index (κ2) is 7.46. The van der Waals surface area contributed by atoms with Gasteiger partial charge in [-0.1, -0.05) is 51.4 Å². The summed E-state index contributed by atoms with van der Waals surface area (Å²) in [6, 6.07) is 2.22. The van der Waals surface area contributed by atoms with E-state index in [2.05, 4.69) is 24.3 Å². The Hall–Kier alpha value is -0.0800. The SMILES string of the molecule is CC1CCCC(C)N1NC1CCCCC1C1CCCCC1. The summed E-state index contributed by atoms with van der Waals surface area (Å²) in [5, 5.41) is 2.63. The molecule has 1 saturated heterocycles. The van der Waals surface area contributed by atoms with Crippen molar-refractivity contribution in [1.29, 1.82) is 0 Å². The lowest BCUT2D eigenvalue weighted by atomic mass is 9.71. The van der Waals surface area contributed by atoms with Gasteiger partial charge >= 0.3 is 0 Å². The van der Waals surface area contributed by atoms with Crippen molar-refractivity contribution in [3.8, 4) is 0 Å². The molecule has 1 heterocycles. The third-order valence-electron chi connectivity index (χ3n) is 6.58. The first-order chi connectivity index (χ1) is 10.3. The molecule has 3 aliphatic rings. The molecular weight excluding hydrogens is 256 g/mol. The van der Waals surface area contributed by atoms with Gasteiger partial charge in [0.05, 0.1) is 0 Å². The largest absolute Gasteiger partial charge is 0.251 e. The molecule has 1 N–H and O–H groups in total. The highest BCUT2D eigenvalue weighted by Crippen LogP contribution is 2.39. The molecule has 3 fully saturated rings. The van der Waals surface area contributed by atoms with Gasteiger partial charge in [0.2, 0.25) is 0 Å². The average molecular weight is 293 g/mol. The molecule has 0 radical (unpaired) electrons. The second-order valence-electron chi connectivity index (χ2n) is 8.12. The Morgan fingerprint density at radius 2 is 1.29 bits per heavy atom. The van der Waals surface area contributed by atoms with Crippen LogP contribution in [0.2, 0.25) is 0 Å². The molecule has 2 heteroatoms. The zero-order valence-electron chi connectivity index (χ0n) is 14.3. The van der Waals surface area contributed by atoms with Crippen LogP contribution >= 0.6 is 0 Å². The molecule has 0 aromatic carbocycles. The van der Waals surface area contributed by atoms with Crippen LogP contribution < -0.4 is 5.43 Å². The summed E-state index contributed by atoms with van der Waals surface area (Å²) in [5.74, 6) is 1.98. The van der Waals surface area contributed by atoms with Gasteiger partial charge in [0.1, 0.15) is 0 Å². The standard InChI is InChI=1S/C19H36N2/c1-15-9-8-10-16(2)21(15)20-19-14-7-6-13-18(19)17-11-4-3-5-12-17/h15-20H,3-14H2,1-2H3. The third-order valence-corrected chi connectivity index (χ3v) is 6.58. The van der Waals surface area contributed by atoms with Crippen LogP contribution in [0.1, 0.15) is 90.9 Å². The van der Waals surface area contributed by atoms with E-state index in [1.54, 1.807) is 0 Å². The first-order valence-corrected chi connectivity index (χ1v) is 9.80.